The summed E-state index contributed by atoms with van der Waals surface area (Å²) in [6.45, 7) is 5.04. The van der Waals surface area contributed by atoms with Crippen molar-refractivity contribution < 1.29 is 4.74 Å². The lowest BCUT2D eigenvalue weighted by Gasteiger charge is -2.27. The van der Waals surface area contributed by atoms with Crippen molar-refractivity contribution in [2.75, 3.05) is 33.9 Å². The first-order valence-electron chi connectivity index (χ1n) is 7.26. The van der Waals surface area contributed by atoms with Crippen molar-refractivity contribution in [1.29, 1.82) is 0 Å². The molecule has 1 saturated heterocycles. The van der Waals surface area contributed by atoms with Gasteiger partial charge in [-0.1, -0.05) is 24.3 Å². The number of hydrogen-bond donors (Lipinski definition) is 1. The molecule has 106 valence electrons. The average Bonchev–Trinajstić information content (AvgIpc) is 2.40. The SMILES string of the molecule is CNCc1cccc(CN(C)CC2CCOCC2)c1. The second-order valence-electron chi connectivity index (χ2n) is 5.60. The summed E-state index contributed by atoms with van der Waals surface area (Å²) in [6.07, 6.45) is 2.42. The molecule has 1 fully saturated rings. The monoisotopic (exact) mass is 262 g/mol. The second kappa shape index (κ2) is 7.63. The Hall–Kier alpha value is -0.900. The summed E-state index contributed by atoms with van der Waals surface area (Å²) in [5.41, 5.74) is 2.77. The number of nitrogens with one attached hydrogen (secondary N) is 1. The zero-order valence-electron chi connectivity index (χ0n) is 12.2. The summed E-state index contributed by atoms with van der Waals surface area (Å²) in [7, 11) is 4.21. The fourth-order valence-electron chi connectivity index (χ4n) is 2.79. The normalized spacial score (nSPS) is 17.0. The van der Waals surface area contributed by atoms with Crippen LogP contribution in [-0.4, -0.2) is 38.8 Å². The fraction of sp³-hybridized carbons (Fsp3) is 0.625. The van der Waals surface area contributed by atoms with Crippen LogP contribution in [-0.2, 0) is 17.8 Å². The molecular formula is C16H26N2O. The van der Waals surface area contributed by atoms with Crippen molar-refractivity contribution in [3.05, 3.63) is 35.4 Å². The largest absolute Gasteiger partial charge is 0.381 e. The number of rotatable bonds is 6. The van der Waals surface area contributed by atoms with Gasteiger partial charge < -0.3 is 15.0 Å². The number of ether oxygens (including phenoxy) is 1. The highest BCUT2D eigenvalue weighted by Gasteiger charge is 2.15. The predicted octanol–water partition coefficient (Wildman–Crippen LogP) is 2.26. The molecule has 3 nitrogen and oxygen atoms in total. The van der Waals surface area contributed by atoms with Crippen molar-refractivity contribution in [3.8, 4) is 0 Å². The molecule has 2 rings (SSSR count). The van der Waals surface area contributed by atoms with Crippen molar-refractivity contribution in [2.45, 2.75) is 25.9 Å². The highest BCUT2D eigenvalue weighted by Crippen LogP contribution is 2.17. The van der Waals surface area contributed by atoms with E-state index in [1.54, 1.807) is 0 Å². The minimum absolute atomic E-state index is 0.805. The molecule has 0 spiro atoms. The van der Waals surface area contributed by atoms with Crippen LogP contribution in [0.4, 0.5) is 0 Å². The van der Waals surface area contributed by atoms with E-state index in [4.69, 9.17) is 4.74 Å². The summed E-state index contributed by atoms with van der Waals surface area (Å²) in [4.78, 5) is 2.44. The van der Waals surface area contributed by atoms with Crippen LogP contribution in [0, 0.1) is 5.92 Å². The van der Waals surface area contributed by atoms with E-state index >= 15 is 0 Å². The Balaban J connectivity index is 1.83. The topological polar surface area (TPSA) is 24.5 Å². The van der Waals surface area contributed by atoms with Crippen LogP contribution in [0.1, 0.15) is 24.0 Å². The Labute approximate surface area is 116 Å². The molecule has 0 amide bonds. The lowest BCUT2D eigenvalue weighted by atomic mass is 9.99. The third kappa shape index (κ3) is 4.94. The van der Waals surface area contributed by atoms with Gasteiger partial charge in [0.2, 0.25) is 0 Å². The first kappa shape index (κ1) is 14.5. The maximum absolute atomic E-state index is 5.42. The Morgan fingerprint density at radius 3 is 2.74 bits per heavy atom. The minimum atomic E-state index is 0.805. The summed E-state index contributed by atoms with van der Waals surface area (Å²) in [5.74, 6) is 0.805. The van der Waals surface area contributed by atoms with E-state index < -0.39 is 0 Å². The van der Waals surface area contributed by atoms with Crippen molar-refractivity contribution in [2.24, 2.45) is 5.92 Å². The van der Waals surface area contributed by atoms with E-state index in [2.05, 4.69) is 41.5 Å². The summed E-state index contributed by atoms with van der Waals surface area (Å²) in [6, 6.07) is 8.86. The summed E-state index contributed by atoms with van der Waals surface area (Å²) >= 11 is 0. The van der Waals surface area contributed by atoms with Gasteiger partial charge in [-0.05, 0) is 44.0 Å². The van der Waals surface area contributed by atoms with Crippen LogP contribution in [0.15, 0.2) is 24.3 Å². The first-order valence-corrected chi connectivity index (χ1v) is 7.26. The lowest BCUT2D eigenvalue weighted by Crippen LogP contribution is -2.29. The van der Waals surface area contributed by atoms with Crippen LogP contribution in [0.5, 0.6) is 0 Å². The van der Waals surface area contributed by atoms with Gasteiger partial charge in [0, 0.05) is 32.8 Å². The standard InChI is InChI=1S/C16H26N2O/c1-17-11-15-4-3-5-16(10-15)13-18(2)12-14-6-8-19-9-7-14/h3-5,10,14,17H,6-9,11-13H2,1-2H3. The zero-order chi connectivity index (χ0) is 13.5. The van der Waals surface area contributed by atoms with Crippen LogP contribution < -0.4 is 5.32 Å². The molecule has 1 N–H and O–H groups in total. The van der Waals surface area contributed by atoms with Crippen LogP contribution in [0.3, 0.4) is 0 Å². The molecule has 0 atom stereocenters. The van der Waals surface area contributed by atoms with Gasteiger partial charge >= 0.3 is 0 Å². The van der Waals surface area contributed by atoms with E-state index in [-0.39, 0.29) is 0 Å². The third-order valence-corrected chi connectivity index (χ3v) is 3.74. The molecule has 0 aromatic heterocycles. The lowest BCUT2D eigenvalue weighted by molar-refractivity contribution is 0.0549. The van der Waals surface area contributed by atoms with Gasteiger partial charge in [0.05, 0.1) is 0 Å². The Morgan fingerprint density at radius 2 is 2.00 bits per heavy atom. The molecule has 0 aliphatic carbocycles. The van der Waals surface area contributed by atoms with Gasteiger partial charge in [-0.25, -0.2) is 0 Å². The van der Waals surface area contributed by atoms with Gasteiger partial charge in [0.1, 0.15) is 0 Å². The highest BCUT2D eigenvalue weighted by atomic mass is 16.5. The number of benzene rings is 1. The third-order valence-electron chi connectivity index (χ3n) is 3.74. The molecular weight excluding hydrogens is 236 g/mol. The molecule has 1 aromatic carbocycles. The van der Waals surface area contributed by atoms with Crippen LogP contribution in [0.25, 0.3) is 0 Å². The minimum Gasteiger partial charge on any atom is -0.381 e. The van der Waals surface area contributed by atoms with Crippen LogP contribution >= 0.6 is 0 Å². The Morgan fingerprint density at radius 1 is 1.26 bits per heavy atom. The molecule has 0 radical (unpaired) electrons. The van der Waals surface area contributed by atoms with Gasteiger partial charge in [-0.2, -0.15) is 0 Å². The molecule has 0 bridgehead atoms. The van der Waals surface area contributed by atoms with Crippen molar-refractivity contribution in [1.82, 2.24) is 10.2 Å². The molecule has 1 aliphatic heterocycles. The first-order chi connectivity index (χ1) is 9.28. The van der Waals surface area contributed by atoms with Crippen LogP contribution in [0.2, 0.25) is 0 Å². The molecule has 0 saturated carbocycles. The quantitative estimate of drug-likeness (QED) is 0.851. The van der Waals surface area contributed by atoms with E-state index in [1.165, 1.54) is 30.5 Å². The molecule has 1 heterocycles. The van der Waals surface area contributed by atoms with Gasteiger partial charge in [0.25, 0.3) is 0 Å². The van der Waals surface area contributed by atoms with E-state index in [1.807, 2.05) is 7.05 Å². The molecule has 3 heteroatoms. The van der Waals surface area contributed by atoms with Gasteiger partial charge in [-0.15, -0.1) is 0 Å². The molecule has 19 heavy (non-hydrogen) atoms. The maximum atomic E-state index is 5.42. The van der Waals surface area contributed by atoms with E-state index in [0.29, 0.717) is 0 Å². The Kier molecular flexibility index (Phi) is 5.83. The Bertz CT molecular complexity index is 375. The molecule has 1 aromatic rings. The summed E-state index contributed by atoms with van der Waals surface area (Å²) in [5, 5.41) is 3.20. The van der Waals surface area contributed by atoms with Crippen molar-refractivity contribution in [3.63, 3.8) is 0 Å². The van der Waals surface area contributed by atoms with Crippen molar-refractivity contribution >= 4 is 0 Å². The predicted molar refractivity (Wildman–Crippen MR) is 79.1 cm³/mol. The summed E-state index contributed by atoms with van der Waals surface area (Å²) < 4.78 is 5.42. The van der Waals surface area contributed by atoms with E-state index in [0.717, 1.165) is 32.2 Å². The van der Waals surface area contributed by atoms with Gasteiger partial charge in [0.15, 0.2) is 0 Å². The second-order valence-corrected chi connectivity index (χ2v) is 5.60. The molecule has 0 unspecified atom stereocenters. The average molecular weight is 262 g/mol. The number of hydrogen-bond acceptors (Lipinski definition) is 3. The zero-order valence-corrected chi connectivity index (χ0v) is 12.2. The smallest absolute Gasteiger partial charge is 0.0469 e. The number of nitrogens with zero attached hydrogens (tertiary/aromatic N) is 1. The highest BCUT2D eigenvalue weighted by molar-refractivity contribution is 5.23. The van der Waals surface area contributed by atoms with Gasteiger partial charge in [-0.3, -0.25) is 0 Å². The molecule has 1 aliphatic rings. The maximum Gasteiger partial charge on any atom is 0.0469 e. The van der Waals surface area contributed by atoms with E-state index in [9.17, 15) is 0 Å². The fourth-order valence-corrected chi connectivity index (χ4v) is 2.79.